The second-order valence-corrected chi connectivity index (χ2v) is 6.25. The number of halogens is 1. The number of nitrogens with zero attached hydrogens (tertiary/aromatic N) is 1. The normalized spacial score (nSPS) is 20.3. The smallest absolute Gasteiger partial charge is 0.286 e. The molecule has 0 unspecified atom stereocenters. The zero-order valence-corrected chi connectivity index (χ0v) is 13.6. The Morgan fingerprint density at radius 1 is 1.19 bits per heavy atom. The fraction of sp³-hybridized carbons (Fsp3) is 0.278. The van der Waals surface area contributed by atoms with Crippen molar-refractivity contribution >= 4 is 11.6 Å². The summed E-state index contributed by atoms with van der Waals surface area (Å²) in [7, 11) is 0. The summed E-state index contributed by atoms with van der Waals surface area (Å²) in [6.45, 7) is 0.614. The fourth-order valence-electron chi connectivity index (χ4n) is 3.12. The number of hydrogen-bond donors (Lipinski definition) is 1. The fourth-order valence-corrected chi connectivity index (χ4v) is 3.12. The minimum absolute atomic E-state index is 0.00548. The molecule has 0 radical (unpaired) electrons. The predicted octanol–water partition coefficient (Wildman–Crippen LogP) is 2.79. The summed E-state index contributed by atoms with van der Waals surface area (Å²) >= 11 is 0. The third-order valence-corrected chi connectivity index (χ3v) is 4.49. The second kappa shape index (κ2) is 6.29. The van der Waals surface area contributed by atoms with E-state index in [-0.39, 0.29) is 34.8 Å². The maximum atomic E-state index is 13.3. The van der Waals surface area contributed by atoms with Crippen LogP contribution in [0.4, 0.5) is 10.1 Å². The molecular formula is C18H15FN2O5. The summed E-state index contributed by atoms with van der Waals surface area (Å²) in [6.07, 6.45) is 0.660. The Morgan fingerprint density at radius 2 is 1.92 bits per heavy atom. The van der Waals surface area contributed by atoms with Crippen molar-refractivity contribution < 1.29 is 23.6 Å². The van der Waals surface area contributed by atoms with Crippen LogP contribution in [0.15, 0.2) is 36.4 Å². The number of nitrogens with one attached hydrogen (secondary N) is 1. The highest BCUT2D eigenvalue weighted by Crippen LogP contribution is 2.42. The van der Waals surface area contributed by atoms with Crippen LogP contribution in [0, 0.1) is 15.9 Å². The van der Waals surface area contributed by atoms with E-state index < -0.39 is 10.8 Å². The van der Waals surface area contributed by atoms with Crippen LogP contribution in [0.1, 0.15) is 28.3 Å². The Morgan fingerprint density at radius 3 is 2.62 bits per heavy atom. The van der Waals surface area contributed by atoms with Gasteiger partial charge in [-0.1, -0.05) is 12.1 Å². The van der Waals surface area contributed by atoms with Crippen molar-refractivity contribution in [2.75, 3.05) is 13.2 Å². The van der Waals surface area contributed by atoms with E-state index in [1.165, 1.54) is 24.3 Å². The topological polar surface area (TPSA) is 90.7 Å². The average molecular weight is 358 g/mol. The maximum absolute atomic E-state index is 13.3. The van der Waals surface area contributed by atoms with Gasteiger partial charge in [0.25, 0.3) is 11.6 Å². The number of benzene rings is 2. The zero-order valence-electron chi connectivity index (χ0n) is 13.6. The number of hydrogen-bond acceptors (Lipinski definition) is 5. The number of fused-ring (bicyclic) bond motifs is 1. The van der Waals surface area contributed by atoms with Gasteiger partial charge in [0.2, 0.25) is 0 Å². The number of nitro benzene ring substituents is 1. The third-order valence-electron chi connectivity index (χ3n) is 4.49. The Kier molecular flexibility index (Phi) is 3.95. The molecule has 1 amide bonds. The standard InChI is InChI=1S/C18H15FN2O5/c19-11-3-1-2-10(6-11)12-7-14(12)20-18(22)13-8-16-17(26-5-4-25-16)9-15(13)21(23)24/h1-3,6,8-9,12,14H,4-5,7H2,(H,20,22)/t12-,14+/m0/s1. The van der Waals surface area contributed by atoms with E-state index in [9.17, 15) is 19.3 Å². The van der Waals surface area contributed by atoms with Crippen LogP contribution in [0.5, 0.6) is 11.5 Å². The molecule has 2 aromatic rings. The molecule has 2 aromatic carbocycles. The van der Waals surface area contributed by atoms with E-state index >= 15 is 0 Å². The van der Waals surface area contributed by atoms with Crippen molar-refractivity contribution in [1.82, 2.24) is 5.32 Å². The highest BCUT2D eigenvalue weighted by molar-refractivity contribution is 5.99. The van der Waals surface area contributed by atoms with E-state index in [0.29, 0.717) is 25.4 Å². The molecular weight excluding hydrogens is 343 g/mol. The van der Waals surface area contributed by atoms with Crippen LogP contribution >= 0.6 is 0 Å². The van der Waals surface area contributed by atoms with Crippen LogP contribution in [0.2, 0.25) is 0 Å². The van der Waals surface area contributed by atoms with Gasteiger partial charge in [-0.25, -0.2) is 4.39 Å². The first-order valence-electron chi connectivity index (χ1n) is 8.17. The molecule has 134 valence electrons. The number of amides is 1. The van der Waals surface area contributed by atoms with E-state index in [0.717, 1.165) is 5.56 Å². The number of carbonyl (C=O) groups is 1. The Bertz CT molecular complexity index is 901. The molecule has 26 heavy (non-hydrogen) atoms. The summed E-state index contributed by atoms with van der Waals surface area (Å²) in [6, 6.07) is 8.57. The molecule has 0 bridgehead atoms. The van der Waals surface area contributed by atoms with Crippen molar-refractivity contribution in [3.63, 3.8) is 0 Å². The highest BCUT2D eigenvalue weighted by Gasteiger charge is 2.40. The lowest BCUT2D eigenvalue weighted by molar-refractivity contribution is -0.385. The molecule has 7 nitrogen and oxygen atoms in total. The highest BCUT2D eigenvalue weighted by atomic mass is 19.1. The van der Waals surface area contributed by atoms with Crippen molar-refractivity contribution in [2.24, 2.45) is 0 Å². The number of rotatable bonds is 4. The summed E-state index contributed by atoms with van der Waals surface area (Å²) in [5, 5.41) is 14.1. The van der Waals surface area contributed by atoms with Gasteiger partial charge < -0.3 is 14.8 Å². The second-order valence-electron chi connectivity index (χ2n) is 6.25. The first kappa shape index (κ1) is 16.3. The lowest BCUT2D eigenvalue weighted by atomic mass is 10.1. The molecule has 8 heteroatoms. The Hall–Kier alpha value is -3.16. The molecule has 0 aromatic heterocycles. The predicted molar refractivity (Wildman–Crippen MR) is 89.1 cm³/mol. The van der Waals surface area contributed by atoms with Gasteiger partial charge in [-0.15, -0.1) is 0 Å². The van der Waals surface area contributed by atoms with Gasteiger partial charge in [-0.05, 0) is 24.1 Å². The van der Waals surface area contributed by atoms with Crippen molar-refractivity contribution in [3.8, 4) is 11.5 Å². The molecule has 1 aliphatic carbocycles. The maximum Gasteiger partial charge on any atom is 0.286 e. The van der Waals surface area contributed by atoms with Gasteiger partial charge in [0, 0.05) is 18.0 Å². The van der Waals surface area contributed by atoms with Gasteiger partial charge >= 0.3 is 0 Å². The lowest BCUT2D eigenvalue weighted by Crippen LogP contribution is -2.27. The van der Waals surface area contributed by atoms with Crippen LogP contribution in [0.25, 0.3) is 0 Å². The molecule has 1 heterocycles. The molecule has 1 N–H and O–H groups in total. The monoisotopic (exact) mass is 358 g/mol. The quantitative estimate of drug-likeness (QED) is 0.670. The van der Waals surface area contributed by atoms with Crippen molar-refractivity contribution in [2.45, 2.75) is 18.4 Å². The summed E-state index contributed by atoms with van der Waals surface area (Å²) in [5.41, 5.74) is 0.380. The molecule has 2 aliphatic rings. The van der Waals surface area contributed by atoms with Crippen molar-refractivity contribution in [1.29, 1.82) is 0 Å². The van der Waals surface area contributed by atoms with Crippen LogP contribution < -0.4 is 14.8 Å². The van der Waals surface area contributed by atoms with E-state index in [1.807, 2.05) is 0 Å². The SMILES string of the molecule is O=C(N[C@@H]1C[C@H]1c1cccc(F)c1)c1cc2c(cc1[N+](=O)[O-])OCCO2. The minimum Gasteiger partial charge on any atom is -0.486 e. The van der Waals surface area contributed by atoms with E-state index in [4.69, 9.17) is 9.47 Å². The zero-order chi connectivity index (χ0) is 18.3. The van der Waals surface area contributed by atoms with Gasteiger partial charge in [-0.2, -0.15) is 0 Å². The average Bonchev–Trinajstić information content (AvgIpc) is 3.39. The number of ether oxygens (including phenoxy) is 2. The first-order valence-corrected chi connectivity index (χ1v) is 8.17. The Balaban J connectivity index is 1.54. The molecule has 1 saturated carbocycles. The molecule has 0 saturated heterocycles. The van der Waals surface area contributed by atoms with E-state index in [1.54, 1.807) is 12.1 Å². The van der Waals surface area contributed by atoms with Crippen LogP contribution in [0.3, 0.4) is 0 Å². The lowest BCUT2D eigenvalue weighted by Gasteiger charge is -2.18. The third kappa shape index (κ3) is 3.05. The number of nitro groups is 1. The van der Waals surface area contributed by atoms with Gasteiger partial charge in [0.1, 0.15) is 24.6 Å². The summed E-state index contributed by atoms with van der Waals surface area (Å²) < 4.78 is 24.1. The first-order chi connectivity index (χ1) is 12.5. The molecule has 4 rings (SSSR count). The van der Waals surface area contributed by atoms with Gasteiger partial charge in [-0.3, -0.25) is 14.9 Å². The van der Waals surface area contributed by atoms with Gasteiger partial charge in [0.05, 0.1) is 11.0 Å². The minimum atomic E-state index is -0.621. The Labute approximate surface area is 147 Å². The van der Waals surface area contributed by atoms with Gasteiger partial charge in [0.15, 0.2) is 11.5 Å². The van der Waals surface area contributed by atoms with Crippen molar-refractivity contribution in [3.05, 3.63) is 63.5 Å². The number of carbonyl (C=O) groups excluding carboxylic acids is 1. The van der Waals surface area contributed by atoms with E-state index in [2.05, 4.69) is 5.32 Å². The largest absolute Gasteiger partial charge is 0.486 e. The van der Waals surface area contributed by atoms with Crippen LogP contribution in [-0.2, 0) is 0 Å². The molecule has 1 fully saturated rings. The molecule has 2 atom stereocenters. The molecule has 0 spiro atoms. The van der Waals surface area contributed by atoms with Crippen LogP contribution in [-0.4, -0.2) is 30.1 Å². The summed E-state index contributed by atoms with van der Waals surface area (Å²) in [4.78, 5) is 23.3. The summed E-state index contributed by atoms with van der Waals surface area (Å²) in [5.74, 6) is -0.321. The molecule has 1 aliphatic heterocycles.